The zero-order chi connectivity index (χ0) is 14.3. The van der Waals surface area contributed by atoms with Crippen molar-refractivity contribution in [1.29, 1.82) is 0 Å². The number of amides is 1. The second kappa shape index (κ2) is 8.15. The summed E-state index contributed by atoms with van der Waals surface area (Å²) < 4.78 is 0. The zero-order valence-electron chi connectivity index (χ0n) is 12.1. The second-order valence-electron chi connectivity index (χ2n) is 5.20. The molecule has 1 aliphatic heterocycles. The zero-order valence-corrected chi connectivity index (χ0v) is 12.1. The smallest absolute Gasteiger partial charge is 0.303 e. The topological polar surface area (TPSA) is 60.9 Å². The minimum absolute atomic E-state index is 0.0105. The van der Waals surface area contributed by atoms with Gasteiger partial charge in [0.15, 0.2) is 0 Å². The van der Waals surface area contributed by atoms with Gasteiger partial charge in [0.2, 0.25) is 5.91 Å². The lowest BCUT2D eigenvalue weighted by Gasteiger charge is -2.34. The van der Waals surface area contributed by atoms with E-state index in [-0.39, 0.29) is 18.7 Å². The van der Waals surface area contributed by atoms with Crippen LogP contribution in [-0.4, -0.2) is 59.5 Å². The fourth-order valence-corrected chi connectivity index (χ4v) is 2.58. The minimum Gasteiger partial charge on any atom is -0.481 e. The maximum atomic E-state index is 11.8. The third kappa shape index (κ3) is 5.59. The third-order valence-electron chi connectivity index (χ3n) is 3.93. The molecule has 5 nitrogen and oxygen atoms in total. The molecule has 0 aliphatic carbocycles. The van der Waals surface area contributed by atoms with E-state index in [9.17, 15) is 9.59 Å². The Morgan fingerprint density at radius 3 is 2.21 bits per heavy atom. The lowest BCUT2D eigenvalue weighted by Crippen LogP contribution is -2.41. The van der Waals surface area contributed by atoms with Crippen molar-refractivity contribution in [3.63, 3.8) is 0 Å². The van der Waals surface area contributed by atoms with E-state index in [0.717, 1.165) is 45.6 Å². The molecule has 0 aromatic carbocycles. The van der Waals surface area contributed by atoms with E-state index in [0.29, 0.717) is 5.92 Å². The van der Waals surface area contributed by atoms with Gasteiger partial charge in [-0.3, -0.25) is 9.59 Å². The van der Waals surface area contributed by atoms with Crippen LogP contribution in [-0.2, 0) is 9.59 Å². The van der Waals surface area contributed by atoms with Crippen LogP contribution < -0.4 is 0 Å². The molecular weight excluding hydrogens is 244 g/mol. The Kier molecular flexibility index (Phi) is 6.84. The summed E-state index contributed by atoms with van der Waals surface area (Å²) in [6.07, 6.45) is 2.15. The molecule has 5 heteroatoms. The summed E-state index contributed by atoms with van der Waals surface area (Å²) in [4.78, 5) is 26.5. The summed E-state index contributed by atoms with van der Waals surface area (Å²) in [5, 5.41) is 8.58. The molecule has 1 saturated heterocycles. The number of carboxylic acid groups (broad SMARTS) is 1. The third-order valence-corrected chi connectivity index (χ3v) is 3.93. The highest BCUT2D eigenvalue weighted by molar-refractivity contribution is 5.80. The van der Waals surface area contributed by atoms with E-state index in [1.165, 1.54) is 0 Å². The molecule has 1 aliphatic rings. The van der Waals surface area contributed by atoms with Crippen LogP contribution in [0.1, 0.15) is 39.5 Å². The molecule has 0 spiro atoms. The van der Waals surface area contributed by atoms with E-state index in [1.54, 1.807) is 0 Å². The van der Waals surface area contributed by atoms with Crippen LogP contribution in [0.3, 0.4) is 0 Å². The van der Waals surface area contributed by atoms with E-state index < -0.39 is 5.97 Å². The second-order valence-corrected chi connectivity index (χ2v) is 5.20. The van der Waals surface area contributed by atoms with Crippen LogP contribution in [0.2, 0.25) is 0 Å². The van der Waals surface area contributed by atoms with Gasteiger partial charge in [0.1, 0.15) is 0 Å². The molecule has 0 unspecified atom stereocenters. The first kappa shape index (κ1) is 16.0. The fraction of sp³-hybridized carbons (Fsp3) is 0.857. The number of carboxylic acids is 1. The van der Waals surface area contributed by atoms with Gasteiger partial charge >= 0.3 is 5.97 Å². The predicted molar refractivity (Wildman–Crippen MR) is 74.0 cm³/mol. The highest BCUT2D eigenvalue weighted by atomic mass is 16.4. The maximum Gasteiger partial charge on any atom is 0.303 e. The summed E-state index contributed by atoms with van der Waals surface area (Å²) in [6.45, 7) is 9.18. The van der Waals surface area contributed by atoms with Crippen molar-refractivity contribution in [3.05, 3.63) is 0 Å². The number of rotatable bonds is 7. The van der Waals surface area contributed by atoms with E-state index in [1.807, 2.05) is 4.90 Å². The molecule has 1 heterocycles. The Hall–Kier alpha value is -1.10. The molecule has 0 aromatic heterocycles. The van der Waals surface area contributed by atoms with Crippen LogP contribution in [0, 0.1) is 5.92 Å². The minimum atomic E-state index is -0.898. The molecule has 1 fully saturated rings. The summed E-state index contributed by atoms with van der Waals surface area (Å²) in [5.74, 6) is -0.239. The standard InChI is InChI=1S/C14H26N2O3/c1-3-15(4-2)11-12-7-9-16(10-8-12)13(17)5-6-14(18)19/h12H,3-11H2,1-2H3,(H,18,19). The highest BCUT2D eigenvalue weighted by Crippen LogP contribution is 2.19. The Balaban J connectivity index is 2.28. The van der Waals surface area contributed by atoms with Crippen molar-refractivity contribution >= 4 is 11.9 Å². The average Bonchev–Trinajstić information content (AvgIpc) is 2.42. The monoisotopic (exact) mass is 270 g/mol. The number of piperidine rings is 1. The molecule has 0 atom stereocenters. The van der Waals surface area contributed by atoms with Crippen LogP contribution in [0.5, 0.6) is 0 Å². The lowest BCUT2D eigenvalue weighted by atomic mass is 9.96. The Bertz CT molecular complexity index is 295. The van der Waals surface area contributed by atoms with Gasteiger partial charge in [-0.25, -0.2) is 0 Å². The summed E-state index contributed by atoms with van der Waals surface area (Å²) >= 11 is 0. The van der Waals surface area contributed by atoms with E-state index >= 15 is 0 Å². The van der Waals surface area contributed by atoms with E-state index in [4.69, 9.17) is 5.11 Å². The van der Waals surface area contributed by atoms with Crippen LogP contribution >= 0.6 is 0 Å². The van der Waals surface area contributed by atoms with Crippen molar-refractivity contribution in [2.24, 2.45) is 5.92 Å². The molecule has 110 valence electrons. The number of aliphatic carboxylic acids is 1. The molecule has 19 heavy (non-hydrogen) atoms. The molecule has 1 N–H and O–H groups in total. The number of hydrogen-bond acceptors (Lipinski definition) is 3. The highest BCUT2D eigenvalue weighted by Gasteiger charge is 2.23. The van der Waals surface area contributed by atoms with Gasteiger partial charge < -0.3 is 14.9 Å². The normalized spacial score (nSPS) is 16.9. The van der Waals surface area contributed by atoms with Crippen LogP contribution in [0.15, 0.2) is 0 Å². The Morgan fingerprint density at radius 2 is 1.74 bits per heavy atom. The van der Waals surface area contributed by atoms with Crippen molar-refractivity contribution in [2.45, 2.75) is 39.5 Å². The quantitative estimate of drug-likeness (QED) is 0.760. The fourth-order valence-electron chi connectivity index (χ4n) is 2.58. The first-order chi connectivity index (χ1) is 9.06. The first-order valence-corrected chi connectivity index (χ1v) is 7.28. The molecule has 1 amide bonds. The van der Waals surface area contributed by atoms with Crippen molar-refractivity contribution < 1.29 is 14.7 Å². The molecule has 0 saturated carbocycles. The molecule has 0 bridgehead atoms. The first-order valence-electron chi connectivity index (χ1n) is 7.28. The summed E-state index contributed by atoms with van der Waals surface area (Å²) in [7, 11) is 0. The maximum absolute atomic E-state index is 11.8. The predicted octanol–water partition coefficient (Wildman–Crippen LogP) is 1.43. The van der Waals surface area contributed by atoms with Gasteiger partial charge in [0.05, 0.1) is 6.42 Å². The summed E-state index contributed by atoms with van der Waals surface area (Å²) in [5.41, 5.74) is 0. The SMILES string of the molecule is CCN(CC)CC1CCN(C(=O)CCC(=O)O)CC1. The van der Waals surface area contributed by atoms with Crippen molar-refractivity contribution in [2.75, 3.05) is 32.7 Å². The number of likely N-dealkylation sites (tertiary alicyclic amines) is 1. The van der Waals surface area contributed by atoms with Gasteiger partial charge in [-0.2, -0.15) is 0 Å². The number of nitrogens with zero attached hydrogens (tertiary/aromatic N) is 2. The van der Waals surface area contributed by atoms with Crippen molar-refractivity contribution in [3.8, 4) is 0 Å². The lowest BCUT2D eigenvalue weighted by molar-refractivity contribution is -0.141. The molecule has 0 radical (unpaired) electrons. The number of carbonyl (C=O) groups is 2. The Morgan fingerprint density at radius 1 is 1.16 bits per heavy atom. The molecular formula is C14H26N2O3. The number of carbonyl (C=O) groups excluding carboxylic acids is 1. The van der Waals surface area contributed by atoms with Gasteiger partial charge in [-0.1, -0.05) is 13.8 Å². The van der Waals surface area contributed by atoms with Gasteiger partial charge in [0, 0.05) is 26.1 Å². The van der Waals surface area contributed by atoms with Gasteiger partial charge in [-0.15, -0.1) is 0 Å². The van der Waals surface area contributed by atoms with Crippen molar-refractivity contribution in [1.82, 2.24) is 9.80 Å². The van der Waals surface area contributed by atoms with Gasteiger partial charge in [0.25, 0.3) is 0 Å². The summed E-state index contributed by atoms with van der Waals surface area (Å²) in [6, 6.07) is 0. The molecule has 1 rings (SSSR count). The Labute approximate surface area is 115 Å². The number of hydrogen-bond donors (Lipinski definition) is 1. The van der Waals surface area contributed by atoms with Crippen LogP contribution in [0.4, 0.5) is 0 Å². The van der Waals surface area contributed by atoms with Crippen LogP contribution in [0.25, 0.3) is 0 Å². The van der Waals surface area contributed by atoms with Gasteiger partial charge in [-0.05, 0) is 31.8 Å². The molecule has 0 aromatic rings. The van der Waals surface area contributed by atoms with E-state index in [2.05, 4.69) is 18.7 Å². The average molecular weight is 270 g/mol. The largest absolute Gasteiger partial charge is 0.481 e.